The minimum absolute atomic E-state index is 0.0262. The first kappa shape index (κ1) is 18.6. The summed E-state index contributed by atoms with van der Waals surface area (Å²) in [6.07, 6.45) is 0.464. The van der Waals surface area contributed by atoms with Crippen LogP contribution in [0.4, 0.5) is 5.69 Å². The largest absolute Gasteiger partial charge is 0.506 e. The summed E-state index contributed by atoms with van der Waals surface area (Å²) in [6.45, 7) is 0. The fraction of sp³-hybridized carbons (Fsp3) is 0.222. The Hall–Kier alpha value is -2.73. The minimum atomic E-state index is -0.462. The van der Waals surface area contributed by atoms with E-state index in [1.807, 2.05) is 12.1 Å². The van der Waals surface area contributed by atoms with Gasteiger partial charge in [-0.15, -0.1) is 0 Å². The highest BCUT2D eigenvalue weighted by molar-refractivity contribution is 6.32. The van der Waals surface area contributed by atoms with E-state index in [0.29, 0.717) is 12.1 Å². The summed E-state index contributed by atoms with van der Waals surface area (Å²) in [5.74, 6) is -0.929. The van der Waals surface area contributed by atoms with E-state index < -0.39 is 17.9 Å². The van der Waals surface area contributed by atoms with Crippen LogP contribution in [0.15, 0.2) is 42.5 Å². The van der Waals surface area contributed by atoms with Crippen LogP contribution in [0.1, 0.15) is 22.3 Å². The maximum absolute atomic E-state index is 12.4. The number of phenolic OH excluding ortho intramolecular Hbond substituents is 1. The predicted molar refractivity (Wildman–Crippen MR) is 95.6 cm³/mol. The maximum atomic E-state index is 12.4. The van der Waals surface area contributed by atoms with E-state index in [9.17, 15) is 14.7 Å². The van der Waals surface area contributed by atoms with Crippen molar-refractivity contribution < 1.29 is 19.4 Å². The van der Waals surface area contributed by atoms with Crippen molar-refractivity contribution in [1.82, 2.24) is 5.32 Å². The molecule has 25 heavy (non-hydrogen) atoms. The lowest BCUT2D eigenvalue weighted by molar-refractivity contribution is -0.141. The standard InChI is InChI=1S/C18H19ClN2O4/c1-25-17(23)10-14(8-11-2-5-13(20)6-3-11)21-18(24)12-4-7-16(22)15(19)9-12/h2-7,9,14,22H,8,10,20H2,1H3,(H,21,24)/t14-/m0/s1. The number of aromatic hydroxyl groups is 1. The van der Waals surface area contributed by atoms with Crippen LogP contribution in [-0.4, -0.2) is 30.1 Å². The van der Waals surface area contributed by atoms with Gasteiger partial charge in [0.25, 0.3) is 5.91 Å². The van der Waals surface area contributed by atoms with Crippen LogP contribution < -0.4 is 11.1 Å². The highest BCUT2D eigenvalue weighted by Gasteiger charge is 2.19. The van der Waals surface area contributed by atoms with E-state index in [1.165, 1.54) is 25.3 Å². The van der Waals surface area contributed by atoms with Gasteiger partial charge < -0.3 is 20.9 Å². The van der Waals surface area contributed by atoms with Gasteiger partial charge in [-0.3, -0.25) is 9.59 Å². The molecule has 7 heteroatoms. The number of rotatable bonds is 6. The maximum Gasteiger partial charge on any atom is 0.307 e. The topological polar surface area (TPSA) is 102 Å². The molecule has 0 aliphatic heterocycles. The summed E-state index contributed by atoms with van der Waals surface area (Å²) < 4.78 is 4.70. The summed E-state index contributed by atoms with van der Waals surface area (Å²) in [4.78, 5) is 24.0. The Morgan fingerprint density at radius 3 is 2.52 bits per heavy atom. The summed E-state index contributed by atoms with van der Waals surface area (Å²) >= 11 is 5.83. The normalized spacial score (nSPS) is 11.6. The Bertz CT molecular complexity index is 762. The Morgan fingerprint density at radius 1 is 1.24 bits per heavy atom. The van der Waals surface area contributed by atoms with Gasteiger partial charge in [-0.2, -0.15) is 0 Å². The Labute approximate surface area is 150 Å². The number of hydrogen-bond donors (Lipinski definition) is 3. The number of halogens is 1. The van der Waals surface area contributed by atoms with Crippen molar-refractivity contribution in [2.24, 2.45) is 0 Å². The SMILES string of the molecule is COC(=O)C[C@H](Cc1ccc(N)cc1)NC(=O)c1ccc(O)c(Cl)c1. The van der Waals surface area contributed by atoms with Crippen LogP contribution in [-0.2, 0) is 16.0 Å². The van der Waals surface area contributed by atoms with Gasteiger partial charge in [0, 0.05) is 17.3 Å². The molecule has 0 radical (unpaired) electrons. The molecule has 132 valence electrons. The Kier molecular flexibility index (Phi) is 6.25. The molecule has 6 nitrogen and oxygen atoms in total. The number of nitrogen functional groups attached to an aromatic ring is 1. The first-order chi connectivity index (χ1) is 11.9. The van der Waals surface area contributed by atoms with Crippen molar-refractivity contribution in [3.05, 3.63) is 58.6 Å². The molecule has 2 aromatic carbocycles. The summed E-state index contributed by atoms with van der Waals surface area (Å²) in [5, 5.41) is 12.3. The molecular formula is C18H19ClN2O4. The fourth-order valence-corrected chi connectivity index (χ4v) is 2.49. The predicted octanol–water partition coefficient (Wildman–Crippen LogP) is 2.53. The molecule has 2 rings (SSSR count). The van der Waals surface area contributed by atoms with E-state index in [1.54, 1.807) is 12.1 Å². The molecule has 0 aliphatic carbocycles. The van der Waals surface area contributed by atoms with Gasteiger partial charge in [0.15, 0.2) is 0 Å². The van der Waals surface area contributed by atoms with Gasteiger partial charge in [0.1, 0.15) is 5.75 Å². The first-order valence-electron chi connectivity index (χ1n) is 7.59. The van der Waals surface area contributed by atoms with Gasteiger partial charge in [0.2, 0.25) is 0 Å². The van der Waals surface area contributed by atoms with Crippen LogP contribution in [0.3, 0.4) is 0 Å². The summed E-state index contributed by atoms with van der Waals surface area (Å²) in [5.41, 5.74) is 7.51. The fourth-order valence-electron chi connectivity index (χ4n) is 2.31. The molecule has 2 aromatic rings. The number of carbonyl (C=O) groups excluding carboxylic acids is 2. The number of carbonyl (C=O) groups is 2. The highest BCUT2D eigenvalue weighted by Crippen LogP contribution is 2.23. The Balaban J connectivity index is 2.13. The molecule has 0 bridgehead atoms. The lowest BCUT2D eigenvalue weighted by Crippen LogP contribution is -2.38. The van der Waals surface area contributed by atoms with Crippen LogP contribution in [0.25, 0.3) is 0 Å². The zero-order valence-electron chi connectivity index (χ0n) is 13.7. The number of anilines is 1. The second kappa shape index (κ2) is 8.39. The van der Waals surface area contributed by atoms with Crippen molar-refractivity contribution in [1.29, 1.82) is 0 Å². The monoisotopic (exact) mass is 362 g/mol. The Morgan fingerprint density at radius 2 is 1.92 bits per heavy atom. The quantitative estimate of drug-likeness (QED) is 0.541. The second-order valence-electron chi connectivity index (χ2n) is 5.56. The molecule has 1 atom stereocenters. The van der Waals surface area contributed by atoms with Crippen LogP contribution >= 0.6 is 11.6 Å². The first-order valence-corrected chi connectivity index (χ1v) is 7.97. The number of benzene rings is 2. The molecular weight excluding hydrogens is 344 g/mol. The van der Waals surface area contributed by atoms with Gasteiger partial charge in [-0.25, -0.2) is 0 Å². The van der Waals surface area contributed by atoms with Crippen molar-refractivity contribution in [3.63, 3.8) is 0 Å². The minimum Gasteiger partial charge on any atom is -0.506 e. The number of ether oxygens (including phenoxy) is 1. The second-order valence-corrected chi connectivity index (χ2v) is 5.97. The molecule has 0 spiro atoms. The highest BCUT2D eigenvalue weighted by atomic mass is 35.5. The molecule has 1 amide bonds. The third-order valence-electron chi connectivity index (χ3n) is 3.65. The van der Waals surface area contributed by atoms with E-state index in [4.69, 9.17) is 22.1 Å². The number of methoxy groups -OCH3 is 1. The van der Waals surface area contributed by atoms with E-state index in [2.05, 4.69) is 5.32 Å². The average Bonchev–Trinajstić information content (AvgIpc) is 2.59. The molecule has 0 heterocycles. The summed E-state index contributed by atoms with van der Waals surface area (Å²) in [7, 11) is 1.30. The van der Waals surface area contributed by atoms with Crippen molar-refractivity contribution >= 4 is 29.2 Å². The van der Waals surface area contributed by atoms with Crippen LogP contribution in [0.2, 0.25) is 5.02 Å². The average molecular weight is 363 g/mol. The zero-order valence-corrected chi connectivity index (χ0v) is 14.4. The number of nitrogens with one attached hydrogen (secondary N) is 1. The lowest BCUT2D eigenvalue weighted by Gasteiger charge is -2.18. The van der Waals surface area contributed by atoms with E-state index in [0.717, 1.165) is 5.56 Å². The number of esters is 1. The molecule has 4 N–H and O–H groups in total. The molecule has 0 aromatic heterocycles. The zero-order chi connectivity index (χ0) is 18.4. The van der Waals surface area contributed by atoms with Crippen molar-refractivity contribution in [2.75, 3.05) is 12.8 Å². The number of hydrogen-bond acceptors (Lipinski definition) is 5. The number of phenols is 1. The van der Waals surface area contributed by atoms with Gasteiger partial charge in [-0.1, -0.05) is 23.7 Å². The smallest absolute Gasteiger partial charge is 0.307 e. The van der Waals surface area contributed by atoms with Crippen LogP contribution in [0, 0.1) is 0 Å². The molecule has 0 unspecified atom stereocenters. The third kappa shape index (κ3) is 5.39. The van der Waals surface area contributed by atoms with Crippen molar-refractivity contribution in [3.8, 4) is 5.75 Å². The molecule has 0 saturated carbocycles. The van der Waals surface area contributed by atoms with Crippen molar-refractivity contribution in [2.45, 2.75) is 18.9 Å². The van der Waals surface area contributed by atoms with E-state index in [-0.39, 0.29) is 22.8 Å². The van der Waals surface area contributed by atoms with E-state index >= 15 is 0 Å². The van der Waals surface area contributed by atoms with Gasteiger partial charge in [-0.05, 0) is 42.3 Å². The number of amides is 1. The molecule has 0 fully saturated rings. The number of nitrogens with two attached hydrogens (primary N) is 1. The summed E-state index contributed by atoms with van der Waals surface area (Å²) in [6, 6.07) is 10.9. The van der Waals surface area contributed by atoms with Crippen LogP contribution in [0.5, 0.6) is 5.75 Å². The third-order valence-corrected chi connectivity index (χ3v) is 3.95. The van der Waals surface area contributed by atoms with Gasteiger partial charge >= 0.3 is 5.97 Å². The molecule has 0 saturated heterocycles. The lowest BCUT2D eigenvalue weighted by atomic mass is 10.0. The molecule has 0 aliphatic rings. The van der Waals surface area contributed by atoms with Gasteiger partial charge in [0.05, 0.1) is 18.6 Å².